The number of nitrogens with two attached hydrogens (primary N) is 1. The van der Waals surface area contributed by atoms with Gasteiger partial charge < -0.3 is 0 Å². The Bertz CT molecular complexity index is 485. The minimum absolute atomic E-state index is 0.129. The smallest absolute Gasteiger partial charge is 0.0463 e. The second kappa shape index (κ2) is 6.55. The van der Waals surface area contributed by atoms with E-state index in [1.807, 2.05) is 30.3 Å². The van der Waals surface area contributed by atoms with E-state index >= 15 is 0 Å². The standard InChI is InChI=1S/C15H17ClN2/c16-14-8-4-7-13(11-14)15(18-17)10-9-12-5-2-1-3-6-12/h1-8,11,15,18H,9-10,17H2. The lowest BCUT2D eigenvalue weighted by molar-refractivity contribution is 0.516. The van der Waals surface area contributed by atoms with Crippen LogP contribution < -0.4 is 11.3 Å². The molecule has 0 aliphatic heterocycles. The fraction of sp³-hybridized carbons (Fsp3) is 0.200. The van der Waals surface area contributed by atoms with E-state index in [4.69, 9.17) is 17.4 Å². The summed E-state index contributed by atoms with van der Waals surface area (Å²) in [7, 11) is 0. The van der Waals surface area contributed by atoms with Crippen molar-refractivity contribution in [3.05, 3.63) is 70.7 Å². The van der Waals surface area contributed by atoms with E-state index in [2.05, 4.69) is 29.7 Å². The number of benzene rings is 2. The van der Waals surface area contributed by atoms with Crippen LogP contribution in [-0.4, -0.2) is 0 Å². The van der Waals surface area contributed by atoms with Gasteiger partial charge in [0.25, 0.3) is 0 Å². The molecule has 2 aromatic carbocycles. The molecule has 0 saturated carbocycles. The van der Waals surface area contributed by atoms with Crippen LogP contribution in [0.5, 0.6) is 0 Å². The SMILES string of the molecule is NNC(CCc1ccccc1)c1cccc(Cl)c1. The maximum atomic E-state index is 5.99. The Balaban J connectivity index is 2.02. The van der Waals surface area contributed by atoms with Gasteiger partial charge in [-0.2, -0.15) is 0 Å². The fourth-order valence-corrected chi connectivity index (χ4v) is 2.22. The predicted octanol–water partition coefficient (Wildman–Crippen LogP) is 3.48. The molecule has 0 amide bonds. The molecule has 0 aliphatic carbocycles. The van der Waals surface area contributed by atoms with Crippen molar-refractivity contribution in [3.63, 3.8) is 0 Å². The van der Waals surface area contributed by atoms with Crippen LogP contribution in [0.4, 0.5) is 0 Å². The second-order valence-corrected chi connectivity index (χ2v) is 4.73. The van der Waals surface area contributed by atoms with Crippen molar-refractivity contribution < 1.29 is 0 Å². The van der Waals surface area contributed by atoms with E-state index in [1.165, 1.54) is 5.56 Å². The normalized spacial score (nSPS) is 12.3. The van der Waals surface area contributed by atoms with Crippen LogP contribution in [0.15, 0.2) is 54.6 Å². The van der Waals surface area contributed by atoms with Crippen molar-refractivity contribution in [1.82, 2.24) is 5.43 Å². The van der Waals surface area contributed by atoms with Gasteiger partial charge in [0.15, 0.2) is 0 Å². The largest absolute Gasteiger partial charge is 0.271 e. The minimum atomic E-state index is 0.129. The molecule has 2 rings (SSSR count). The Morgan fingerprint density at radius 3 is 2.50 bits per heavy atom. The summed E-state index contributed by atoms with van der Waals surface area (Å²) < 4.78 is 0. The van der Waals surface area contributed by atoms with Gasteiger partial charge in [-0.25, -0.2) is 0 Å². The van der Waals surface area contributed by atoms with Crippen LogP contribution in [0.1, 0.15) is 23.6 Å². The van der Waals surface area contributed by atoms with Gasteiger partial charge in [0, 0.05) is 11.1 Å². The molecule has 1 unspecified atom stereocenters. The highest BCUT2D eigenvalue weighted by Gasteiger charge is 2.09. The van der Waals surface area contributed by atoms with Crippen LogP contribution in [-0.2, 0) is 6.42 Å². The molecule has 0 heterocycles. The van der Waals surface area contributed by atoms with Crippen molar-refractivity contribution in [2.24, 2.45) is 5.84 Å². The van der Waals surface area contributed by atoms with Crippen LogP contribution in [0.2, 0.25) is 5.02 Å². The third-order valence-electron chi connectivity index (χ3n) is 3.02. The molecule has 0 radical (unpaired) electrons. The van der Waals surface area contributed by atoms with Crippen molar-refractivity contribution >= 4 is 11.6 Å². The molecule has 3 N–H and O–H groups in total. The molecule has 94 valence electrons. The summed E-state index contributed by atoms with van der Waals surface area (Å²) in [5.74, 6) is 5.63. The molecular formula is C15H17ClN2. The van der Waals surface area contributed by atoms with E-state index < -0.39 is 0 Å². The first-order valence-corrected chi connectivity index (χ1v) is 6.43. The molecule has 0 saturated heterocycles. The molecule has 1 atom stereocenters. The van der Waals surface area contributed by atoms with Crippen molar-refractivity contribution in [2.75, 3.05) is 0 Å². The number of halogens is 1. The molecule has 0 aromatic heterocycles. The van der Waals surface area contributed by atoms with Gasteiger partial charge >= 0.3 is 0 Å². The zero-order valence-corrected chi connectivity index (χ0v) is 10.9. The highest BCUT2D eigenvalue weighted by atomic mass is 35.5. The zero-order valence-electron chi connectivity index (χ0n) is 10.1. The highest BCUT2D eigenvalue weighted by molar-refractivity contribution is 6.30. The van der Waals surface area contributed by atoms with E-state index in [1.54, 1.807) is 0 Å². The van der Waals surface area contributed by atoms with Gasteiger partial charge in [-0.15, -0.1) is 0 Å². The summed E-state index contributed by atoms with van der Waals surface area (Å²) in [6.45, 7) is 0. The molecule has 18 heavy (non-hydrogen) atoms. The first kappa shape index (κ1) is 13.1. The lowest BCUT2D eigenvalue weighted by Crippen LogP contribution is -2.28. The van der Waals surface area contributed by atoms with Crippen LogP contribution >= 0.6 is 11.6 Å². The quantitative estimate of drug-likeness (QED) is 0.638. The first-order valence-electron chi connectivity index (χ1n) is 6.05. The summed E-state index contributed by atoms with van der Waals surface area (Å²) in [5.41, 5.74) is 5.30. The highest BCUT2D eigenvalue weighted by Crippen LogP contribution is 2.21. The summed E-state index contributed by atoms with van der Waals surface area (Å²) >= 11 is 5.99. The molecule has 2 nitrogen and oxygen atoms in total. The van der Waals surface area contributed by atoms with E-state index in [9.17, 15) is 0 Å². The molecule has 0 aliphatic rings. The number of hydrogen-bond acceptors (Lipinski definition) is 2. The topological polar surface area (TPSA) is 38.0 Å². The molecule has 0 fully saturated rings. The monoisotopic (exact) mass is 260 g/mol. The summed E-state index contributed by atoms with van der Waals surface area (Å²) in [6.07, 6.45) is 1.93. The maximum absolute atomic E-state index is 5.99. The molecule has 2 aromatic rings. The van der Waals surface area contributed by atoms with Gasteiger partial charge in [0.1, 0.15) is 0 Å². The van der Waals surface area contributed by atoms with Crippen molar-refractivity contribution in [2.45, 2.75) is 18.9 Å². The van der Waals surface area contributed by atoms with Crippen LogP contribution in [0.3, 0.4) is 0 Å². The lowest BCUT2D eigenvalue weighted by atomic mass is 9.99. The molecular weight excluding hydrogens is 244 g/mol. The number of hydrazine groups is 1. The Morgan fingerprint density at radius 2 is 1.83 bits per heavy atom. The third kappa shape index (κ3) is 3.57. The van der Waals surface area contributed by atoms with E-state index in [0.29, 0.717) is 0 Å². The molecule has 3 heteroatoms. The second-order valence-electron chi connectivity index (χ2n) is 4.30. The number of aryl methyl sites for hydroxylation is 1. The fourth-order valence-electron chi connectivity index (χ4n) is 2.03. The van der Waals surface area contributed by atoms with Gasteiger partial charge in [-0.3, -0.25) is 11.3 Å². The Kier molecular flexibility index (Phi) is 4.76. The van der Waals surface area contributed by atoms with Crippen molar-refractivity contribution in [3.8, 4) is 0 Å². The van der Waals surface area contributed by atoms with Crippen LogP contribution in [0, 0.1) is 0 Å². The molecule has 0 spiro atoms. The van der Waals surface area contributed by atoms with Crippen LogP contribution in [0.25, 0.3) is 0 Å². The number of rotatable bonds is 5. The van der Waals surface area contributed by atoms with Gasteiger partial charge in [-0.05, 0) is 36.1 Å². The van der Waals surface area contributed by atoms with E-state index in [-0.39, 0.29) is 6.04 Å². The average molecular weight is 261 g/mol. The zero-order chi connectivity index (χ0) is 12.8. The average Bonchev–Trinajstić information content (AvgIpc) is 2.41. The predicted molar refractivity (Wildman–Crippen MR) is 76.3 cm³/mol. The minimum Gasteiger partial charge on any atom is -0.271 e. The van der Waals surface area contributed by atoms with E-state index in [0.717, 1.165) is 23.4 Å². The summed E-state index contributed by atoms with van der Waals surface area (Å²) in [4.78, 5) is 0. The maximum Gasteiger partial charge on any atom is 0.0463 e. The lowest BCUT2D eigenvalue weighted by Gasteiger charge is -2.16. The summed E-state index contributed by atoms with van der Waals surface area (Å²) in [5, 5.41) is 0.743. The Labute approximate surface area is 113 Å². The molecule has 0 bridgehead atoms. The van der Waals surface area contributed by atoms with Gasteiger partial charge in [-0.1, -0.05) is 54.1 Å². The first-order chi connectivity index (χ1) is 8.79. The number of hydrogen-bond donors (Lipinski definition) is 2. The van der Waals surface area contributed by atoms with Crippen molar-refractivity contribution in [1.29, 1.82) is 0 Å². The van der Waals surface area contributed by atoms with Gasteiger partial charge in [0.05, 0.1) is 0 Å². The Hall–Kier alpha value is -1.35. The van der Waals surface area contributed by atoms with Gasteiger partial charge in [0.2, 0.25) is 0 Å². The third-order valence-corrected chi connectivity index (χ3v) is 3.25. The number of nitrogens with one attached hydrogen (secondary N) is 1. The summed E-state index contributed by atoms with van der Waals surface area (Å²) in [6, 6.07) is 18.3. The Morgan fingerprint density at radius 1 is 1.06 bits per heavy atom.